The lowest BCUT2D eigenvalue weighted by Crippen LogP contribution is -2.35. The van der Waals surface area contributed by atoms with E-state index in [0.717, 1.165) is 24.3 Å². The van der Waals surface area contributed by atoms with E-state index in [0.29, 0.717) is 29.1 Å². The Morgan fingerprint density at radius 1 is 1.13 bits per heavy atom. The maximum atomic E-state index is 10.2. The predicted molar refractivity (Wildman–Crippen MR) is 134 cm³/mol. The fourth-order valence-electron chi connectivity index (χ4n) is 6.32. The quantitative estimate of drug-likeness (QED) is 0.342. The van der Waals surface area contributed by atoms with Crippen LogP contribution in [0.3, 0.4) is 0 Å². The van der Waals surface area contributed by atoms with E-state index in [1.54, 1.807) is 5.57 Å². The highest BCUT2D eigenvalue weighted by molar-refractivity contribution is 7.81. The van der Waals surface area contributed by atoms with Gasteiger partial charge in [-0.3, -0.25) is 0 Å². The van der Waals surface area contributed by atoms with Gasteiger partial charge in [-0.2, -0.15) is 12.6 Å². The summed E-state index contributed by atoms with van der Waals surface area (Å²) in [6, 6.07) is 0. The third kappa shape index (κ3) is 5.01. The van der Waals surface area contributed by atoms with Crippen molar-refractivity contribution in [2.45, 2.75) is 90.9 Å². The average Bonchev–Trinajstić information content (AvgIpc) is 3.04. The van der Waals surface area contributed by atoms with Gasteiger partial charge in [0, 0.05) is 5.25 Å². The third-order valence-electron chi connectivity index (χ3n) is 8.71. The van der Waals surface area contributed by atoms with E-state index in [4.69, 9.17) is 0 Å². The molecule has 0 heterocycles. The van der Waals surface area contributed by atoms with Gasteiger partial charge in [0.25, 0.3) is 0 Å². The van der Waals surface area contributed by atoms with Crippen LogP contribution >= 0.6 is 12.6 Å². The van der Waals surface area contributed by atoms with Gasteiger partial charge in [0.05, 0.1) is 6.10 Å². The molecule has 0 radical (unpaired) electrons. The van der Waals surface area contributed by atoms with Crippen LogP contribution in [0.25, 0.3) is 0 Å². The van der Waals surface area contributed by atoms with E-state index in [-0.39, 0.29) is 5.25 Å². The van der Waals surface area contributed by atoms with Crippen molar-refractivity contribution in [1.82, 2.24) is 0 Å². The molecule has 7 atom stereocenters. The lowest BCUT2D eigenvalue weighted by Gasteiger charge is -2.44. The Kier molecular flexibility index (Phi) is 7.83. The van der Waals surface area contributed by atoms with E-state index in [1.165, 1.54) is 37.7 Å². The highest BCUT2D eigenvalue weighted by atomic mass is 32.1. The van der Waals surface area contributed by atoms with Gasteiger partial charge in [0.2, 0.25) is 0 Å². The van der Waals surface area contributed by atoms with Gasteiger partial charge in [0.1, 0.15) is 0 Å². The van der Waals surface area contributed by atoms with Crippen molar-refractivity contribution in [2.24, 2.45) is 35.0 Å². The molecule has 3 saturated carbocycles. The predicted octanol–water partition coefficient (Wildman–Crippen LogP) is 7.55. The van der Waals surface area contributed by atoms with Crippen LogP contribution in [0, 0.1) is 35.0 Å². The molecule has 7 unspecified atom stereocenters. The molecule has 0 bridgehead atoms. The molecule has 30 heavy (non-hydrogen) atoms. The molecular formula is C28H44OS. The molecule has 0 aliphatic heterocycles. The first-order chi connectivity index (χ1) is 14.1. The fourth-order valence-corrected chi connectivity index (χ4v) is 6.71. The summed E-state index contributed by atoms with van der Waals surface area (Å²) >= 11 is 4.63. The van der Waals surface area contributed by atoms with Crippen molar-refractivity contribution >= 4 is 12.6 Å². The van der Waals surface area contributed by atoms with Crippen LogP contribution in [0.4, 0.5) is 0 Å². The number of rotatable bonds is 5. The number of hydrogen-bond donors (Lipinski definition) is 2. The number of fused-ring (bicyclic) bond motifs is 1. The summed E-state index contributed by atoms with van der Waals surface area (Å²) in [4.78, 5) is 0. The molecule has 0 aromatic heterocycles. The van der Waals surface area contributed by atoms with E-state index >= 15 is 0 Å². The second-order valence-electron chi connectivity index (χ2n) is 11.0. The Labute approximate surface area is 191 Å². The summed E-state index contributed by atoms with van der Waals surface area (Å²) in [7, 11) is 0. The van der Waals surface area contributed by atoms with E-state index in [9.17, 15) is 5.11 Å². The summed E-state index contributed by atoms with van der Waals surface area (Å²) in [6.45, 7) is 16.1. The van der Waals surface area contributed by atoms with Crippen molar-refractivity contribution in [3.05, 3.63) is 47.6 Å². The Morgan fingerprint density at radius 3 is 2.57 bits per heavy atom. The maximum Gasteiger partial charge on any atom is 0.0797 e. The van der Waals surface area contributed by atoms with Crippen molar-refractivity contribution in [3.63, 3.8) is 0 Å². The molecule has 3 fully saturated rings. The molecule has 2 heteroatoms. The van der Waals surface area contributed by atoms with Crippen molar-refractivity contribution in [3.8, 4) is 0 Å². The summed E-state index contributed by atoms with van der Waals surface area (Å²) in [5.74, 6) is 3.50. The highest BCUT2D eigenvalue weighted by Crippen LogP contribution is 2.59. The monoisotopic (exact) mass is 428 g/mol. The molecule has 1 nitrogen and oxygen atoms in total. The van der Waals surface area contributed by atoms with E-state index < -0.39 is 6.10 Å². The normalized spacial score (nSPS) is 39.8. The van der Waals surface area contributed by atoms with Gasteiger partial charge in [-0.25, -0.2) is 0 Å². The minimum absolute atomic E-state index is 0.239. The van der Waals surface area contributed by atoms with Crippen LogP contribution in [-0.4, -0.2) is 16.5 Å². The Balaban J connectivity index is 1.76. The van der Waals surface area contributed by atoms with Crippen molar-refractivity contribution in [2.75, 3.05) is 0 Å². The third-order valence-corrected chi connectivity index (χ3v) is 9.10. The van der Waals surface area contributed by atoms with Crippen LogP contribution in [-0.2, 0) is 0 Å². The Hall–Kier alpha value is -0.730. The molecular weight excluding hydrogens is 384 g/mol. The Bertz CT molecular complexity index is 714. The molecule has 0 spiro atoms. The Morgan fingerprint density at radius 2 is 1.87 bits per heavy atom. The maximum absolute atomic E-state index is 10.2. The second-order valence-corrected chi connectivity index (χ2v) is 11.7. The first kappa shape index (κ1) is 23.9. The molecule has 3 aliphatic carbocycles. The minimum atomic E-state index is -0.431. The first-order valence-corrected chi connectivity index (χ1v) is 12.8. The number of thiol groups is 1. The highest BCUT2D eigenvalue weighted by Gasteiger charge is 2.50. The summed E-state index contributed by atoms with van der Waals surface area (Å²) in [5.41, 5.74) is 4.15. The summed E-state index contributed by atoms with van der Waals surface area (Å²) in [5, 5.41) is 10.5. The first-order valence-electron chi connectivity index (χ1n) is 12.3. The lowest BCUT2D eigenvalue weighted by molar-refractivity contribution is 0.112. The van der Waals surface area contributed by atoms with Crippen LogP contribution in [0.1, 0.15) is 79.6 Å². The summed E-state index contributed by atoms with van der Waals surface area (Å²) in [6.07, 6.45) is 17.4. The van der Waals surface area contributed by atoms with Gasteiger partial charge >= 0.3 is 0 Å². The van der Waals surface area contributed by atoms with Gasteiger partial charge in [-0.05, 0) is 91.1 Å². The molecule has 168 valence electrons. The molecule has 3 aliphatic rings. The van der Waals surface area contributed by atoms with Gasteiger partial charge in [0.15, 0.2) is 0 Å². The standard InChI is InChI=1S/C28H44OS/c1-18(2)19(3)9-10-20(4)25-13-14-26-22(8-7-15-28(25,26)6)11-12-23-16-24(30)17-27(29)21(23)5/h9-12,18-20,24-27,29-30H,5,7-8,13-17H2,1-4,6H3. The van der Waals surface area contributed by atoms with Crippen molar-refractivity contribution < 1.29 is 5.11 Å². The van der Waals surface area contributed by atoms with Crippen LogP contribution in [0.15, 0.2) is 47.6 Å². The largest absolute Gasteiger partial charge is 0.388 e. The number of hydrogen-bond acceptors (Lipinski definition) is 2. The molecule has 0 amide bonds. The van der Waals surface area contributed by atoms with Crippen LogP contribution in [0.2, 0.25) is 0 Å². The van der Waals surface area contributed by atoms with E-state index in [2.05, 4.69) is 78.1 Å². The molecule has 0 saturated heterocycles. The molecule has 0 aromatic rings. The average molecular weight is 429 g/mol. The zero-order valence-corrected chi connectivity index (χ0v) is 20.8. The van der Waals surface area contributed by atoms with Crippen LogP contribution < -0.4 is 0 Å². The van der Waals surface area contributed by atoms with Gasteiger partial charge in [-0.1, -0.05) is 71.1 Å². The minimum Gasteiger partial charge on any atom is -0.388 e. The molecule has 1 N–H and O–H groups in total. The number of aliphatic hydroxyl groups excluding tert-OH is 1. The zero-order valence-electron chi connectivity index (χ0n) is 19.9. The van der Waals surface area contributed by atoms with Crippen LogP contribution in [0.5, 0.6) is 0 Å². The lowest BCUT2D eigenvalue weighted by atomic mass is 9.61. The topological polar surface area (TPSA) is 20.2 Å². The summed E-state index contributed by atoms with van der Waals surface area (Å²) < 4.78 is 0. The number of aliphatic hydroxyl groups is 1. The molecule has 0 aromatic carbocycles. The molecule has 3 rings (SSSR count). The SMILES string of the molecule is C=C1C(=CC=C2CCCC3(C)C2CCC3C(C)C=CC(C)C(C)C)CC(S)CC1O. The van der Waals surface area contributed by atoms with Gasteiger partial charge < -0.3 is 5.11 Å². The fraction of sp³-hybridized carbons (Fsp3) is 0.714. The second kappa shape index (κ2) is 9.82. The van der Waals surface area contributed by atoms with Crippen molar-refractivity contribution in [1.29, 1.82) is 0 Å². The number of allylic oxidation sites excluding steroid dienone is 5. The van der Waals surface area contributed by atoms with Gasteiger partial charge in [-0.15, -0.1) is 0 Å². The smallest absolute Gasteiger partial charge is 0.0797 e. The van der Waals surface area contributed by atoms with E-state index in [1.807, 2.05) is 0 Å². The zero-order chi connectivity index (χ0) is 22.1.